The van der Waals surface area contributed by atoms with Crippen molar-refractivity contribution < 1.29 is 15.0 Å². The molecule has 0 aromatic carbocycles. The van der Waals surface area contributed by atoms with Crippen LogP contribution in [0, 0.1) is 5.92 Å². The standard InChI is InChI=1S/C12H21NO3/c1-9(7-12(15)16)8-13-5-3-11(4-6-13)10(2)14/h7,10-11,14H,3-6,8H2,1-2H3,(H,15,16). The zero-order valence-corrected chi connectivity index (χ0v) is 10.0. The SMILES string of the molecule is CC(=CC(=O)O)CN1CCC(C(C)O)CC1. The largest absolute Gasteiger partial charge is 0.478 e. The maximum Gasteiger partial charge on any atom is 0.328 e. The van der Waals surface area contributed by atoms with Gasteiger partial charge in [0.05, 0.1) is 6.10 Å². The first-order valence-electron chi connectivity index (χ1n) is 5.79. The Balaban J connectivity index is 2.35. The van der Waals surface area contributed by atoms with Crippen LogP contribution in [0.5, 0.6) is 0 Å². The third-order valence-corrected chi connectivity index (χ3v) is 3.16. The number of carboxylic acids is 1. The molecule has 1 saturated heterocycles. The summed E-state index contributed by atoms with van der Waals surface area (Å²) in [6, 6.07) is 0. The van der Waals surface area contributed by atoms with Gasteiger partial charge in [-0.25, -0.2) is 4.79 Å². The van der Waals surface area contributed by atoms with Crippen molar-refractivity contribution >= 4 is 5.97 Å². The number of hydrogen-bond acceptors (Lipinski definition) is 3. The van der Waals surface area contributed by atoms with Gasteiger partial charge in [0.25, 0.3) is 0 Å². The molecule has 2 N–H and O–H groups in total. The predicted molar refractivity (Wildman–Crippen MR) is 62.2 cm³/mol. The number of aliphatic carboxylic acids is 1. The van der Waals surface area contributed by atoms with Crippen molar-refractivity contribution in [3.8, 4) is 0 Å². The second kappa shape index (κ2) is 6.01. The highest BCUT2D eigenvalue weighted by Crippen LogP contribution is 2.20. The van der Waals surface area contributed by atoms with E-state index in [-0.39, 0.29) is 6.10 Å². The van der Waals surface area contributed by atoms with Gasteiger partial charge in [-0.15, -0.1) is 0 Å². The quantitative estimate of drug-likeness (QED) is 0.706. The minimum atomic E-state index is -0.878. The summed E-state index contributed by atoms with van der Waals surface area (Å²) in [6.45, 7) is 6.30. The van der Waals surface area contributed by atoms with Crippen LogP contribution >= 0.6 is 0 Å². The fourth-order valence-corrected chi connectivity index (χ4v) is 2.20. The molecule has 1 aliphatic heterocycles. The lowest BCUT2D eigenvalue weighted by atomic mass is 9.92. The van der Waals surface area contributed by atoms with Crippen LogP contribution in [0.25, 0.3) is 0 Å². The average Bonchev–Trinajstić information content (AvgIpc) is 2.16. The maximum absolute atomic E-state index is 10.5. The summed E-state index contributed by atoms with van der Waals surface area (Å²) in [5.74, 6) is -0.476. The molecular weight excluding hydrogens is 206 g/mol. The first kappa shape index (κ1) is 13.2. The molecule has 0 aromatic rings. The molecule has 1 aliphatic rings. The summed E-state index contributed by atoms with van der Waals surface area (Å²) in [4.78, 5) is 12.7. The highest BCUT2D eigenvalue weighted by atomic mass is 16.4. The summed E-state index contributed by atoms with van der Waals surface area (Å²) in [5, 5.41) is 18.1. The zero-order valence-electron chi connectivity index (χ0n) is 10.0. The van der Waals surface area contributed by atoms with Gasteiger partial charge in [0.2, 0.25) is 0 Å². The highest BCUT2D eigenvalue weighted by Gasteiger charge is 2.22. The molecule has 92 valence electrons. The predicted octanol–water partition coefficient (Wildman–Crippen LogP) is 1.11. The molecule has 0 amide bonds. The zero-order chi connectivity index (χ0) is 12.1. The van der Waals surface area contributed by atoms with Crippen molar-refractivity contribution in [1.29, 1.82) is 0 Å². The monoisotopic (exact) mass is 227 g/mol. The van der Waals surface area contributed by atoms with Gasteiger partial charge in [-0.05, 0) is 45.7 Å². The van der Waals surface area contributed by atoms with E-state index in [9.17, 15) is 9.90 Å². The Morgan fingerprint density at radius 1 is 1.50 bits per heavy atom. The van der Waals surface area contributed by atoms with Crippen LogP contribution in [0.1, 0.15) is 26.7 Å². The second-order valence-corrected chi connectivity index (χ2v) is 4.68. The molecule has 0 aromatic heterocycles. The Bertz CT molecular complexity index is 265. The molecular formula is C12H21NO3. The van der Waals surface area contributed by atoms with Gasteiger partial charge in [0.1, 0.15) is 0 Å². The van der Waals surface area contributed by atoms with Gasteiger partial charge in [0, 0.05) is 12.6 Å². The lowest BCUT2D eigenvalue weighted by Gasteiger charge is -2.33. The highest BCUT2D eigenvalue weighted by molar-refractivity contribution is 5.80. The molecule has 16 heavy (non-hydrogen) atoms. The summed E-state index contributed by atoms with van der Waals surface area (Å²) < 4.78 is 0. The molecule has 1 heterocycles. The van der Waals surface area contributed by atoms with Crippen LogP contribution in [0.15, 0.2) is 11.6 Å². The fraction of sp³-hybridized carbons (Fsp3) is 0.750. The molecule has 4 nitrogen and oxygen atoms in total. The van der Waals surface area contributed by atoms with E-state index in [1.54, 1.807) is 0 Å². The van der Waals surface area contributed by atoms with Crippen molar-refractivity contribution in [3.63, 3.8) is 0 Å². The number of carboxylic acid groups (broad SMARTS) is 1. The Hall–Kier alpha value is -0.870. The molecule has 1 fully saturated rings. The third kappa shape index (κ3) is 4.33. The number of carbonyl (C=O) groups is 1. The molecule has 1 atom stereocenters. The van der Waals surface area contributed by atoms with Gasteiger partial charge < -0.3 is 10.2 Å². The Morgan fingerprint density at radius 2 is 2.06 bits per heavy atom. The van der Waals surface area contributed by atoms with Crippen LogP contribution < -0.4 is 0 Å². The third-order valence-electron chi connectivity index (χ3n) is 3.16. The van der Waals surface area contributed by atoms with Crippen molar-refractivity contribution in [2.24, 2.45) is 5.92 Å². The Kier molecular flexibility index (Phi) is 4.96. The van der Waals surface area contributed by atoms with Crippen molar-refractivity contribution in [2.75, 3.05) is 19.6 Å². The smallest absolute Gasteiger partial charge is 0.328 e. The number of hydrogen-bond donors (Lipinski definition) is 2. The minimum Gasteiger partial charge on any atom is -0.478 e. The molecule has 4 heteroatoms. The average molecular weight is 227 g/mol. The first-order valence-corrected chi connectivity index (χ1v) is 5.79. The van der Waals surface area contributed by atoms with Crippen LogP contribution in [0.2, 0.25) is 0 Å². The number of nitrogens with zero attached hydrogens (tertiary/aromatic N) is 1. The van der Waals surface area contributed by atoms with E-state index < -0.39 is 5.97 Å². The molecule has 1 unspecified atom stereocenters. The van der Waals surface area contributed by atoms with Crippen LogP contribution in [0.4, 0.5) is 0 Å². The summed E-state index contributed by atoms with van der Waals surface area (Å²) in [7, 11) is 0. The lowest BCUT2D eigenvalue weighted by Crippen LogP contribution is -2.37. The van der Waals surface area contributed by atoms with E-state index in [0.29, 0.717) is 5.92 Å². The van der Waals surface area contributed by atoms with E-state index in [1.165, 1.54) is 6.08 Å². The number of aliphatic hydroxyl groups excluding tert-OH is 1. The minimum absolute atomic E-state index is 0.224. The molecule has 1 rings (SSSR count). The number of likely N-dealkylation sites (tertiary alicyclic amines) is 1. The number of rotatable bonds is 4. The Labute approximate surface area is 96.6 Å². The van der Waals surface area contributed by atoms with Crippen LogP contribution in [0.3, 0.4) is 0 Å². The van der Waals surface area contributed by atoms with Crippen LogP contribution in [-0.4, -0.2) is 46.8 Å². The Morgan fingerprint density at radius 3 is 2.50 bits per heavy atom. The van der Waals surface area contributed by atoms with E-state index in [1.807, 2.05) is 13.8 Å². The second-order valence-electron chi connectivity index (χ2n) is 4.68. The van der Waals surface area contributed by atoms with Crippen molar-refractivity contribution in [2.45, 2.75) is 32.8 Å². The van der Waals surface area contributed by atoms with Crippen LogP contribution in [-0.2, 0) is 4.79 Å². The van der Waals surface area contributed by atoms with E-state index in [2.05, 4.69) is 4.90 Å². The fourth-order valence-electron chi connectivity index (χ4n) is 2.20. The maximum atomic E-state index is 10.5. The lowest BCUT2D eigenvalue weighted by molar-refractivity contribution is -0.131. The van der Waals surface area contributed by atoms with Crippen molar-refractivity contribution in [3.05, 3.63) is 11.6 Å². The molecule has 0 saturated carbocycles. The number of piperidine rings is 1. The van der Waals surface area contributed by atoms with Gasteiger partial charge in [-0.3, -0.25) is 4.90 Å². The topological polar surface area (TPSA) is 60.8 Å². The molecule has 0 spiro atoms. The normalized spacial score (nSPS) is 22.1. The van der Waals surface area contributed by atoms with Gasteiger partial charge in [0.15, 0.2) is 0 Å². The van der Waals surface area contributed by atoms with Crippen molar-refractivity contribution in [1.82, 2.24) is 4.90 Å². The molecule has 0 radical (unpaired) electrons. The van der Waals surface area contributed by atoms with E-state index >= 15 is 0 Å². The summed E-state index contributed by atoms with van der Waals surface area (Å²) in [6.07, 6.45) is 3.04. The first-order chi connectivity index (χ1) is 7.49. The molecule has 0 bridgehead atoms. The summed E-state index contributed by atoms with van der Waals surface area (Å²) in [5.41, 5.74) is 0.878. The van der Waals surface area contributed by atoms with E-state index in [4.69, 9.17) is 5.11 Å². The van der Waals surface area contributed by atoms with E-state index in [0.717, 1.165) is 38.0 Å². The van der Waals surface area contributed by atoms with Gasteiger partial charge in [-0.1, -0.05) is 5.57 Å². The van der Waals surface area contributed by atoms with Gasteiger partial charge >= 0.3 is 5.97 Å². The molecule has 0 aliphatic carbocycles. The summed E-state index contributed by atoms with van der Waals surface area (Å²) >= 11 is 0. The van der Waals surface area contributed by atoms with Gasteiger partial charge in [-0.2, -0.15) is 0 Å². The number of aliphatic hydroxyl groups is 1.